The molecule has 0 spiro atoms. The van der Waals surface area contributed by atoms with Gasteiger partial charge >= 0.3 is 29.8 Å². The Labute approximate surface area is 165 Å². The van der Waals surface area contributed by atoms with Gasteiger partial charge in [-0.2, -0.15) is 0 Å². The normalized spacial score (nSPS) is 14.5. The molecular formula is C16H21ClO11. The summed E-state index contributed by atoms with van der Waals surface area (Å²) in [6.45, 7) is 4.38. The van der Waals surface area contributed by atoms with E-state index in [9.17, 15) is 28.8 Å². The zero-order valence-corrected chi connectivity index (χ0v) is 16.6. The van der Waals surface area contributed by atoms with E-state index in [0.29, 0.717) is 0 Å². The van der Waals surface area contributed by atoms with Gasteiger partial charge in [0.25, 0.3) is 5.24 Å². The highest BCUT2D eigenvalue weighted by Gasteiger charge is 2.46. The van der Waals surface area contributed by atoms with Crippen LogP contribution in [0.4, 0.5) is 0 Å². The summed E-state index contributed by atoms with van der Waals surface area (Å²) in [7, 11) is 0. The molecular weight excluding hydrogens is 404 g/mol. The summed E-state index contributed by atoms with van der Waals surface area (Å²) >= 11 is 5.44. The highest BCUT2D eigenvalue weighted by atomic mass is 35.5. The quantitative estimate of drug-likeness (QED) is 0.266. The number of ether oxygens (including phenoxy) is 5. The number of halogens is 1. The minimum absolute atomic E-state index is 0.617. The van der Waals surface area contributed by atoms with E-state index in [0.717, 1.165) is 34.6 Å². The van der Waals surface area contributed by atoms with E-state index < -0.39 is 66.1 Å². The van der Waals surface area contributed by atoms with Gasteiger partial charge in [-0.15, -0.1) is 0 Å². The molecule has 0 aliphatic carbocycles. The van der Waals surface area contributed by atoms with Crippen molar-refractivity contribution in [2.24, 2.45) is 0 Å². The Balaban J connectivity index is 6.18. The molecule has 0 N–H and O–H groups in total. The first-order chi connectivity index (χ1) is 12.8. The zero-order chi connectivity index (χ0) is 22.0. The van der Waals surface area contributed by atoms with Crippen LogP contribution in [0.1, 0.15) is 34.6 Å². The monoisotopic (exact) mass is 424 g/mol. The third-order valence-electron chi connectivity index (χ3n) is 2.88. The summed E-state index contributed by atoms with van der Waals surface area (Å²) < 4.78 is 24.5. The van der Waals surface area contributed by atoms with Crippen LogP contribution in [-0.4, -0.2) is 66.1 Å². The van der Waals surface area contributed by atoms with Crippen LogP contribution in [-0.2, 0) is 52.5 Å². The fraction of sp³-hybridized carbons (Fsp3) is 0.625. The van der Waals surface area contributed by atoms with Gasteiger partial charge in [-0.25, -0.2) is 0 Å². The van der Waals surface area contributed by atoms with Crippen LogP contribution in [0.3, 0.4) is 0 Å². The van der Waals surface area contributed by atoms with E-state index in [1.807, 2.05) is 0 Å². The van der Waals surface area contributed by atoms with Crippen LogP contribution >= 0.6 is 11.6 Å². The van der Waals surface area contributed by atoms with Crippen molar-refractivity contribution in [2.45, 2.75) is 59.0 Å². The lowest BCUT2D eigenvalue weighted by molar-refractivity contribution is -0.201. The van der Waals surface area contributed by atoms with Gasteiger partial charge < -0.3 is 23.7 Å². The van der Waals surface area contributed by atoms with Crippen molar-refractivity contribution in [3.05, 3.63) is 0 Å². The second kappa shape index (κ2) is 11.9. The van der Waals surface area contributed by atoms with Gasteiger partial charge in [0.2, 0.25) is 6.10 Å². The minimum Gasteiger partial charge on any atom is -0.462 e. The molecule has 0 aromatic carbocycles. The van der Waals surface area contributed by atoms with Crippen molar-refractivity contribution in [3.63, 3.8) is 0 Å². The van der Waals surface area contributed by atoms with Gasteiger partial charge in [-0.3, -0.25) is 28.8 Å². The second-order valence-corrected chi connectivity index (χ2v) is 5.81. The smallest absolute Gasteiger partial charge is 0.303 e. The zero-order valence-electron chi connectivity index (χ0n) is 15.9. The Morgan fingerprint density at radius 2 is 1.07 bits per heavy atom. The minimum atomic E-state index is -1.90. The van der Waals surface area contributed by atoms with E-state index in [-0.39, 0.29) is 0 Å². The van der Waals surface area contributed by atoms with E-state index >= 15 is 0 Å². The van der Waals surface area contributed by atoms with Crippen molar-refractivity contribution < 1.29 is 52.5 Å². The third-order valence-corrected chi connectivity index (χ3v) is 3.09. The van der Waals surface area contributed by atoms with E-state index in [2.05, 4.69) is 0 Å². The first-order valence-corrected chi connectivity index (χ1v) is 8.24. The fourth-order valence-electron chi connectivity index (χ4n) is 2.07. The molecule has 0 saturated carbocycles. The van der Waals surface area contributed by atoms with Gasteiger partial charge in [0.1, 0.15) is 6.61 Å². The molecule has 0 unspecified atom stereocenters. The van der Waals surface area contributed by atoms with Crippen molar-refractivity contribution in [1.29, 1.82) is 0 Å². The number of hydrogen-bond acceptors (Lipinski definition) is 11. The van der Waals surface area contributed by atoms with Crippen LogP contribution in [0, 0.1) is 0 Å². The molecule has 28 heavy (non-hydrogen) atoms. The van der Waals surface area contributed by atoms with Crippen LogP contribution in [0.15, 0.2) is 0 Å². The van der Waals surface area contributed by atoms with Crippen LogP contribution in [0.2, 0.25) is 0 Å². The fourth-order valence-corrected chi connectivity index (χ4v) is 2.24. The molecule has 0 aliphatic rings. The lowest BCUT2D eigenvalue weighted by atomic mass is 10.0. The Bertz CT molecular complexity index is 630. The Morgan fingerprint density at radius 1 is 0.643 bits per heavy atom. The molecule has 0 radical (unpaired) electrons. The molecule has 0 rings (SSSR count). The largest absolute Gasteiger partial charge is 0.462 e. The molecule has 158 valence electrons. The Kier molecular flexibility index (Phi) is 10.8. The van der Waals surface area contributed by atoms with Crippen molar-refractivity contribution >= 4 is 46.7 Å². The summed E-state index contributed by atoms with van der Waals surface area (Å²) in [6, 6.07) is 0. The first-order valence-electron chi connectivity index (χ1n) is 7.86. The molecule has 0 bridgehead atoms. The molecule has 0 fully saturated rings. The van der Waals surface area contributed by atoms with E-state index in [1.54, 1.807) is 0 Å². The first kappa shape index (κ1) is 25.3. The summed E-state index contributed by atoms with van der Waals surface area (Å²) in [5, 5.41) is -1.26. The van der Waals surface area contributed by atoms with Crippen molar-refractivity contribution in [3.8, 4) is 0 Å². The maximum Gasteiger partial charge on any atom is 0.303 e. The molecule has 0 aromatic heterocycles. The molecule has 4 atom stereocenters. The van der Waals surface area contributed by atoms with Gasteiger partial charge in [0.15, 0.2) is 18.3 Å². The number of hydrogen-bond donors (Lipinski definition) is 0. The lowest BCUT2D eigenvalue weighted by Crippen LogP contribution is -2.54. The Hall–Kier alpha value is -2.69. The van der Waals surface area contributed by atoms with Crippen molar-refractivity contribution in [2.75, 3.05) is 6.61 Å². The lowest BCUT2D eigenvalue weighted by Gasteiger charge is -2.34. The average molecular weight is 425 g/mol. The number of esters is 5. The van der Waals surface area contributed by atoms with Gasteiger partial charge in [-0.05, 0) is 11.6 Å². The standard InChI is InChI=1S/C16H21ClO11/c1-7(18)24-6-12(25-8(2)19)13(26-9(3)20)14(27-10(4)21)15(16(17)23)28-11(5)22/h12-15H,6H2,1-5H3/t12-,13-,14+,15-/m1/s1. The van der Waals surface area contributed by atoms with E-state index in [4.69, 9.17) is 35.3 Å². The van der Waals surface area contributed by atoms with Gasteiger partial charge in [0.05, 0.1) is 0 Å². The van der Waals surface area contributed by atoms with Crippen molar-refractivity contribution in [1.82, 2.24) is 0 Å². The molecule has 0 aliphatic heterocycles. The summed E-state index contributed by atoms with van der Waals surface area (Å²) in [6.07, 6.45) is -6.90. The van der Waals surface area contributed by atoms with Crippen LogP contribution in [0.5, 0.6) is 0 Å². The van der Waals surface area contributed by atoms with E-state index in [1.165, 1.54) is 0 Å². The Morgan fingerprint density at radius 3 is 1.43 bits per heavy atom. The summed E-state index contributed by atoms with van der Waals surface area (Å²) in [5.41, 5.74) is 0. The molecule has 0 heterocycles. The average Bonchev–Trinajstić information content (AvgIpc) is 2.51. The van der Waals surface area contributed by atoms with Gasteiger partial charge in [0, 0.05) is 34.6 Å². The topological polar surface area (TPSA) is 149 Å². The SMILES string of the molecule is CC(=O)OC[C@@H](OC(C)=O)[C@@H](OC(C)=O)[C@H](OC(C)=O)[C@@H](OC(C)=O)C(=O)Cl. The molecule has 0 aromatic rings. The maximum absolute atomic E-state index is 11.8. The molecule has 0 saturated heterocycles. The van der Waals surface area contributed by atoms with Crippen LogP contribution in [0.25, 0.3) is 0 Å². The maximum atomic E-state index is 11.8. The highest BCUT2D eigenvalue weighted by Crippen LogP contribution is 2.21. The number of carbonyl (C=O) groups is 6. The molecule has 11 nitrogen and oxygen atoms in total. The van der Waals surface area contributed by atoms with Crippen LogP contribution < -0.4 is 0 Å². The predicted octanol–water partition coefficient (Wildman–Crippen LogP) is 0.0417. The molecule has 12 heteroatoms. The number of carbonyl (C=O) groups excluding carboxylic acids is 6. The van der Waals surface area contributed by atoms with Gasteiger partial charge in [-0.1, -0.05) is 0 Å². The summed E-state index contributed by atoms with van der Waals surface area (Å²) in [4.78, 5) is 68.7. The second-order valence-electron chi connectivity index (χ2n) is 5.43. The highest BCUT2D eigenvalue weighted by molar-refractivity contribution is 6.64. The number of rotatable bonds is 10. The third kappa shape index (κ3) is 9.86. The molecule has 0 amide bonds. The predicted molar refractivity (Wildman–Crippen MR) is 89.7 cm³/mol. The summed E-state index contributed by atoms with van der Waals surface area (Å²) in [5.74, 6) is -4.46.